The van der Waals surface area contributed by atoms with Gasteiger partial charge in [-0.2, -0.15) is 13.2 Å². The van der Waals surface area contributed by atoms with Crippen molar-refractivity contribution in [3.63, 3.8) is 0 Å². The van der Waals surface area contributed by atoms with Crippen molar-refractivity contribution >= 4 is 11.6 Å². The van der Waals surface area contributed by atoms with Crippen LogP contribution in [-0.4, -0.2) is 11.2 Å². The third-order valence-electron chi connectivity index (χ3n) is 1.41. The molecule has 1 rings (SSSR count). The van der Waals surface area contributed by atoms with Gasteiger partial charge in [-0.3, -0.25) is 4.98 Å². The van der Waals surface area contributed by atoms with Crippen molar-refractivity contribution in [3.05, 3.63) is 29.0 Å². The Balaban J connectivity index is 2.96. The number of nitrogens with two attached hydrogens (primary N) is 1. The number of hydrogen-bond acceptors (Lipinski definition) is 2. The number of hydrogen-bond donors (Lipinski definition) is 1. The first-order valence-electron chi connectivity index (χ1n) is 3.35. The lowest BCUT2D eigenvalue weighted by atomic mass is 10.2. The summed E-state index contributed by atoms with van der Waals surface area (Å²) in [6.45, 7) is 0. The molecule has 1 aromatic heterocycles. The molecular weight excluding hydrogens is 205 g/mol. The Bertz CT molecular complexity index is 300. The molecule has 0 aromatic carbocycles. The molecule has 72 valence electrons. The van der Waals surface area contributed by atoms with Gasteiger partial charge in [0.1, 0.15) is 6.04 Å². The number of rotatable bonds is 1. The van der Waals surface area contributed by atoms with Gasteiger partial charge in [-0.1, -0.05) is 11.6 Å². The number of nitrogens with zero attached hydrogens (tertiary/aromatic N) is 1. The fraction of sp³-hybridized carbons (Fsp3) is 0.286. The zero-order valence-corrected chi connectivity index (χ0v) is 7.10. The molecule has 0 saturated heterocycles. The summed E-state index contributed by atoms with van der Waals surface area (Å²) in [6.07, 6.45) is -3.30. The van der Waals surface area contributed by atoms with Crippen molar-refractivity contribution in [1.29, 1.82) is 0 Å². The quantitative estimate of drug-likeness (QED) is 0.773. The monoisotopic (exact) mass is 210 g/mol. The Morgan fingerprint density at radius 1 is 1.46 bits per heavy atom. The van der Waals surface area contributed by atoms with Gasteiger partial charge in [-0.15, -0.1) is 0 Å². The topological polar surface area (TPSA) is 38.9 Å². The average Bonchev–Trinajstić information content (AvgIpc) is 2.01. The summed E-state index contributed by atoms with van der Waals surface area (Å²) in [5.41, 5.74) is 4.62. The van der Waals surface area contributed by atoms with E-state index >= 15 is 0 Å². The molecule has 2 nitrogen and oxygen atoms in total. The van der Waals surface area contributed by atoms with Gasteiger partial charge in [0.05, 0.1) is 5.69 Å². The third kappa shape index (κ3) is 2.57. The Morgan fingerprint density at radius 2 is 2.08 bits per heavy atom. The van der Waals surface area contributed by atoms with Crippen molar-refractivity contribution in [2.24, 2.45) is 5.73 Å². The Kier molecular flexibility index (Phi) is 2.77. The van der Waals surface area contributed by atoms with Gasteiger partial charge in [0, 0.05) is 11.2 Å². The first kappa shape index (κ1) is 10.3. The van der Waals surface area contributed by atoms with E-state index in [1.807, 2.05) is 0 Å². The zero-order valence-electron chi connectivity index (χ0n) is 6.35. The average molecular weight is 211 g/mol. The molecule has 0 saturated carbocycles. The lowest BCUT2D eigenvalue weighted by Crippen LogP contribution is -2.29. The van der Waals surface area contributed by atoms with E-state index in [1.165, 1.54) is 12.3 Å². The summed E-state index contributed by atoms with van der Waals surface area (Å²) >= 11 is 5.48. The SMILES string of the molecule is N[C@H](c1cc(Cl)ccn1)C(F)(F)F. The highest BCUT2D eigenvalue weighted by molar-refractivity contribution is 6.30. The van der Waals surface area contributed by atoms with E-state index in [0.29, 0.717) is 0 Å². The second-order valence-electron chi connectivity index (χ2n) is 2.42. The molecule has 1 atom stereocenters. The minimum absolute atomic E-state index is 0.185. The van der Waals surface area contributed by atoms with Crippen LogP contribution in [0.4, 0.5) is 13.2 Å². The maximum atomic E-state index is 12.1. The summed E-state index contributed by atoms with van der Waals surface area (Å²) in [5.74, 6) is 0. The second kappa shape index (κ2) is 3.51. The van der Waals surface area contributed by atoms with Crippen LogP contribution in [0, 0.1) is 0 Å². The second-order valence-corrected chi connectivity index (χ2v) is 2.85. The molecule has 13 heavy (non-hydrogen) atoms. The highest BCUT2D eigenvalue weighted by Gasteiger charge is 2.38. The standard InChI is InChI=1S/C7H6ClF3N2/c8-4-1-2-13-5(3-4)6(12)7(9,10)11/h1-3,6H,12H2/t6-/m1/s1. The van der Waals surface area contributed by atoms with Crippen molar-refractivity contribution < 1.29 is 13.2 Å². The normalized spacial score (nSPS) is 14.2. The number of aromatic nitrogens is 1. The molecule has 0 aliphatic heterocycles. The van der Waals surface area contributed by atoms with E-state index in [9.17, 15) is 13.2 Å². The zero-order chi connectivity index (χ0) is 10.1. The molecule has 0 aliphatic rings. The maximum Gasteiger partial charge on any atom is 0.409 e. The van der Waals surface area contributed by atoms with Gasteiger partial charge in [0.2, 0.25) is 0 Å². The van der Waals surface area contributed by atoms with Gasteiger partial charge in [-0.25, -0.2) is 0 Å². The number of pyridine rings is 1. The fourth-order valence-corrected chi connectivity index (χ4v) is 0.927. The Morgan fingerprint density at radius 3 is 2.54 bits per heavy atom. The van der Waals surface area contributed by atoms with Crippen LogP contribution in [0.2, 0.25) is 5.02 Å². The highest BCUT2D eigenvalue weighted by atomic mass is 35.5. The summed E-state index contributed by atoms with van der Waals surface area (Å²) in [4.78, 5) is 3.48. The molecule has 0 unspecified atom stereocenters. The van der Waals surface area contributed by atoms with Crippen LogP contribution in [-0.2, 0) is 0 Å². The van der Waals surface area contributed by atoms with Crippen LogP contribution in [0.3, 0.4) is 0 Å². The molecule has 0 fully saturated rings. The molecule has 0 aliphatic carbocycles. The molecular formula is C7H6ClF3N2. The van der Waals surface area contributed by atoms with E-state index in [-0.39, 0.29) is 10.7 Å². The van der Waals surface area contributed by atoms with Crippen LogP contribution in [0.25, 0.3) is 0 Å². The Labute approximate surface area is 77.5 Å². The molecule has 2 N–H and O–H groups in total. The third-order valence-corrected chi connectivity index (χ3v) is 1.65. The summed E-state index contributed by atoms with van der Waals surface area (Å²) in [6, 6.07) is 0.402. The highest BCUT2D eigenvalue weighted by Crippen LogP contribution is 2.29. The van der Waals surface area contributed by atoms with Crippen molar-refractivity contribution in [3.8, 4) is 0 Å². The van der Waals surface area contributed by atoms with Gasteiger partial charge >= 0.3 is 6.18 Å². The lowest BCUT2D eigenvalue weighted by Gasteiger charge is -2.14. The number of halogens is 4. The first-order valence-corrected chi connectivity index (χ1v) is 3.73. The predicted molar refractivity (Wildman–Crippen MR) is 42.2 cm³/mol. The summed E-state index contributed by atoms with van der Waals surface area (Å²) in [7, 11) is 0. The van der Waals surface area contributed by atoms with Crippen LogP contribution in [0.15, 0.2) is 18.3 Å². The van der Waals surface area contributed by atoms with E-state index < -0.39 is 12.2 Å². The van der Waals surface area contributed by atoms with Gasteiger partial charge < -0.3 is 5.73 Å². The van der Waals surface area contributed by atoms with Crippen molar-refractivity contribution in [2.45, 2.75) is 12.2 Å². The first-order chi connectivity index (χ1) is 5.91. The minimum atomic E-state index is -4.49. The number of alkyl halides is 3. The Hall–Kier alpha value is -0.810. The molecule has 0 spiro atoms. The van der Waals surface area contributed by atoms with Gasteiger partial charge in [0.25, 0.3) is 0 Å². The fourth-order valence-electron chi connectivity index (χ4n) is 0.759. The molecule has 6 heteroatoms. The van der Waals surface area contributed by atoms with E-state index in [0.717, 1.165) is 6.07 Å². The van der Waals surface area contributed by atoms with E-state index in [2.05, 4.69) is 4.98 Å². The molecule has 1 aromatic rings. The summed E-state index contributed by atoms with van der Waals surface area (Å²) in [5, 5.41) is 0.185. The molecule has 0 bridgehead atoms. The summed E-state index contributed by atoms with van der Waals surface area (Å²) < 4.78 is 36.2. The maximum absolute atomic E-state index is 12.1. The predicted octanol–water partition coefficient (Wildman–Crippen LogP) is 2.30. The van der Waals surface area contributed by atoms with Crippen LogP contribution in [0.1, 0.15) is 11.7 Å². The van der Waals surface area contributed by atoms with Gasteiger partial charge in [0.15, 0.2) is 0 Å². The minimum Gasteiger partial charge on any atom is -0.315 e. The van der Waals surface area contributed by atoms with Crippen LogP contribution in [0.5, 0.6) is 0 Å². The van der Waals surface area contributed by atoms with Crippen molar-refractivity contribution in [1.82, 2.24) is 4.98 Å². The van der Waals surface area contributed by atoms with E-state index in [1.54, 1.807) is 0 Å². The van der Waals surface area contributed by atoms with Crippen LogP contribution >= 0.6 is 11.6 Å². The van der Waals surface area contributed by atoms with Crippen LogP contribution < -0.4 is 5.73 Å². The van der Waals surface area contributed by atoms with Gasteiger partial charge in [-0.05, 0) is 12.1 Å². The van der Waals surface area contributed by atoms with Crippen molar-refractivity contribution in [2.75, 3.05) is 0 Å². The smallest absolute Gasteiger partial charge is 0.315 e. The molecule has 0 radical (unpaired) electrons. The largest absolute Gasteiger partial charge is 0.409 e. The molecule has 0 amide bonds. The lowest BCUT2D eigenvalue weighted by molar-refractivity contribution is -0.149. The van der Waals surface area contributed by atoms with E-state index in [4.69, 9.17) is 17.3 Å². The molecule has 1 heterocycles.